The monoisotopic (exact) mass is 255 g/mol. The van der Waals surface area contributed by atoms with E-state index in [0.29, 0.717) is 16.8 Å². The van der Waals surface area contributed by atoms with Crippen LogP contribution < -0.4 is 5.32 Å². The summed E-state index contributed by atoms with van der Waals surface area (Å²) >= 11 is 6.08. The van der Waals surface area contributed by atoms with Crippen LogP contribution in [0.4, 0.5) is 10.1 Å². The van der Waals surface area contributed by atoms with Crippen LogP contribution in [0.5, 0.6) is 0 Å². The summed E-state index contributed by atoms with van der Waals surface area (Å²) < 4.78 is 13.2. The van der Waals surface area contributed by atoms with Crippen molar-refractivity contribution in [1.82, 2.24) is 0 Å². The smallest absolute Gasteiger partial charge is 0.125 e. The molecule has 1 saturated carbocycles. The zero-order valence-electron chi connectivity index (χ0n) is 10.4. The fourth-order valence-corrected chi connectivity index (χ4v) is 2.73. The van der Waals surface area contributed by atoms with E-state index in [-0.39, 0.29) is 11.2 Å². The summed E-state index contributed by atoms with van der Waals surface area (Å²) in [5.74, 6) is -0.245. The molecule has 0 aromatic heterocycles. The van der Waals surface area contributed by atoms with E-state index in [1.807, 2.05) is 0 Å². The lowest BCUT2D eigenvalue weighted by Crippen LogP contribution is -2.39. The third kappa shape index (κ3) is 2.92. The van der Waals surface area contributed by atoms with E-state index in [2.05, 4.69) is 19.2 Å². The molecule has 1 N–H and O–H groups in total. The second-order valence-corrected chi connectivity index (χ2v) is 5.96. The Morgan fingerprint density at radius 1 is 1.35 bits per heavy atom. The topological polar surface area (TPSA) is 12.0 Å². The Morgan fingerprint density at radius 2 is 2.12 bits per heavy atom. The number of benzene rings is 1. The average Bonchev–Trinajstić information content (AvgIpc) is 2.26. The summed E-state index contributed by atoms with van der Waals surface area (Å²) in [7, 11) is 0. The Labute approximate surface area is 107 Å². The molecule has 3 heteroatoms. The quantitative estimate of drug-likeness (QED) is 0.796. The zero-order valence-corrected chi connectivity index (χ0v) is 11.1. The van der Waals surface area contributed by atoms with Gasteiger partial charge in [-0.1, -0.05) is 38.3 Å². The summed E-state index contributed by atoms with van der Waals surface area (Å²) in [6.45, 7) is 4.52. The molecular weight excluding hydrogens is 237 g/mol. The van der Waals surface area contributed by atoms with E-state index in [1.54, 1.807) is 6.07 Å². The molecule has 0 aliphatic heterocycles. The lowest BCUT2D eigenvalue weighted by atomic mass is 9.73. The Kier molecular flexibility index (Phi) is 3.62. The molecule has 0 spiro atoms. The van der Waals surface area contributed by atoms with Crippen LogP contribution in [0.2, 0.25) is 5.02 Å². The van der Waals surface area contributed by atoms with Crippen molar-refractivity contribution in [3.05, 3.63) is 29.0 Å². The van der Waals surface area contributed by atoms with Crippen LogP contribution in [0.1, 0.15) is 39.5 Å². The highest BCUT2D eigenvalue weighted by atomic mass is 35.5. The standard InChI is InChI=1S/C14H19ClFN/c1-14(2)8-4-3-5-13(14)17-12-9-10(16)6-7-11(12)15/h6-7,9,13,17H,3-5,8H2,1-2H3. The van der Waals surface area contributed by atoms with Crippen molar-refractivity contribution in [2.75, 3.05) is 5.32 Å². The van der Waals surface area contributed by atoms with Crippen LogP contribution in [0.3, 0.4) is 0 Å². The van der Waals surface area contributed by atoms with Crippen molar-refractivity contribution in [2.45, 2.75) is 45.6 Å². The van der Waals surface area contributed by atoms with Gasteiger partial charge in [0.25, 0.3) is 0 Å². The third-order valence-corrected chi connectivity index (χ3v) is 4.09. The van der Waals surface area contributed by atoms with Crippen LogP contribution in [0, 0.1) is 11.2 Å². The predicted octanol–water partition coefficient (Wildman–Crippen LogP) is 4.86. The van der Waals surface area contributed by atoms with E-state index in [9.17, 15) is 4.39 Å². The summed E-state index contributed by atoms with van der Waals surface area (Å²) in [4.78, 5) is 0. The molecule has 1 aliphatic carbocycles. The number of nitrogens with one attached hydrogen (secondary N) is 1. The Hall–Kier alpha value is -0.760. The molecule has 1 nitrogen and oxygen atoms in total. The number of halogens is 2. The van der Waals surface area contributed by atoms with Crippen molar-refractivity contribution >= 4 is 17.3 Å². The fraction of sp³-hybridized carbons (Fsp3) is 0.571. The van der Waals surface area contributed by atoms with E-state index in [0.717, 1.165) is 6.42 Å². The van der Waals surface area contributed by atoms with Gasteiger partial charge in [0.15, 0.2) is 0 Å². The molecule has 1 fully saturated rings. The largest absolute Gasteiger partial charge is 0.380 e. The van der Waals surface area contributed by atoms with Crippen molar-refractivity contribution in [2.24, 2.45) is 5.41 Å². The van der Waals surface area contributed by atoms with Gasteiger partial charge in [0.1, 0.15) is 5.82 Å². The molecule has 94 valence electrons. The minimum absolute atomic E-state index is 0.244. The SMILES string of the molecule is CC1(C)CCCCC1Nc1cc(F)ccc1Cl. The van der Waals surface area contributed by atoms with E-state index in [4.69, 9.17) is 11.6 Å². The number of hydrogen-bond donors (Lipinski definition) is 1. The first-order valence-electron chi connectivity index (χ1n) is 6.21. The van der Waals surface area contributed by atoms with Gasteiger partial charge in [-0.25, -0.2) is 4.39 Å². The highest BCUT2D eigenvalue weighted by Crippen LogP contribution is 2.38. The minimum Gasteiger partial charge on any atom is -0.380 e. The maximum Gasteiger partial charge on any atom is 0.125 e. The maximum atomic E-state index is 13.2. The highest BCUT2D eigenvalue weighted by Gasteiger charge is 2.32. The van der Waals surface area contributed by atoms with Crippen molar-refractivity contribution < 1.29 is 4.39 Å². The predicted molar refractivity (Wildman–Crippen MR) is 71.1 cm³/mol. The molecule has 2 rings (SSSR count). The van der Waals surface area contributed by atoms with Crippen LogP contribution in [0.15, 0.2) is 18.2 Å². The van der Waals surface area contributed by atoms with Gasteiger partial charge in [-0.2, -0.15) is 0 Å². The summed E-state index contributed by atoms with van der Waals surface area (Å²) in [6.07, 6.45) is 4.84. The Bertz CT molecular complexity index is 403. The van der Waals surface area contributed by atoms with Gasteiger partial charge in [0, 0.05) is 6.04 Å². The second kappa shape index (κ2) is 4.85. The first-order chi connectivity index (χ1) is 7.99. The van der Waals surface area contributed by atoms with Crippen molar-refractivity contribution in [1.29, 1.82) is 0 Å². The number of anilines is 1. The molecule has 0 saturated heterocycles. The van der Waals surface area contributed by atoms with Gasteiger partial charge in [-0.05, 0) is 36.5 Å². The van der Waals surface area contributed by atoms with Gasteiger partial charge in [-0.15, -0.1) is 0 Å². The van der Waals surface area contributed by atoms with Crippen molar-refractivity contribution in [3.8, 4) is 0 Å². The van der Waals surface area contributed by atoms with E-state index >= 15 is 0 Å². The molecule has 1 unspecified atom stereocenters. The van der Waals surface area contributed by atoms with E-state index in [1.165, 1.54) is 31.4 Å². The summed E-state index contributed by atoms with van der Waals surface area (Å²) in [5.41, 5.74) is 0.958. The molecule has 1 aromatic rings. The van der Waals surface area contributed by atoms with E-state index < -0.39 is 0 Å². The maximum absolute atomic E-state index is 13.2. The molecule has 17 heavy (non-hydrogen) atoms. The van der Waals surface area contributed by atoms with Crippen LogP contribution >= 0.6 is 11.6 Å². The van der Waals surface area contributed by atoms with Gasteiger partial charge in [0.2, 0.25) is 0 Å². The molecule has 1 aromatic carbocycles. The van der Waals surface area contributed by atoms with Crippen LogP contribution in [-0.4, -0.2) is 6.04 Å². The van der Waals surface area contributed by atoms with Gasteiger partial charge >= 0.3 is 0 Å². The molecule has 1 atom stereocenters. The minimum atomic E-state index is -0.245. The first-order valence-corrected chi connectivity index (χ1v) is 6.58. The average molecular weight is 256 g/mol. The molecular formula is C14H19ClFN. The number of rotatable bonds is 2. The Balaban J connectivity index is 2.16. The Morgan fingerprint density at radius 3 is 2.82 bits per heavy atom. The summed E-state index contributed by atoms with van der Waals surface area (Å²) in [6, 6.07) is 4.84. The molecule has 0 amide bonds. The van der Waals surface area contributed by atoms with Gasteiger partial charge in [0.05, 0.1) is 10.7 Å². The van der Waals surface area contributed by atoms with Crippen molar-refractivity contribution in [3.63, 3.8) is 0 Å². The number of hydrogen-bond acceptors (Lipinski definition) is 1. The highest BCUT2D eigenvalue weighted by molar-refractivity contribution is 6.33. The summed E-state index contributed by atoms with van der Waals surface area (Å²) in [5, 5.41) is 4.00. The molecule has 0 radical (unpaired) electrons. The van der Waals surface area contributed by atoms with Gasteiger partial charge in [-0.3, -0.25) is 0 Å². The molecule has 0 bridgehead atoms. The zero-order chi connectivity index (χ0) is 12.5. The van der Waals surface area contributed by atoms with Gasteiger partial charge < -0.3 is 5.32 Å². The second-order valence-electron chi connectivity index (χ2n) is 5.56. The lowest BCUT2D eigenvalue weighted by molar-refractivity contribution is 0.217. The van der Waals surface area contributed by atoms with Crippen LogP contribution in [0.25, 0.3) is 0 Å². The first kappa shape index (κ1) is 12.7. The molecule has 1 aliphatic rings. The fourth-order valence-electron chi connectivity index (χ4n) is 2.56. The normalized spacial score (nSPS) is 23.4. The molecule has 0 heterocycles. The van der Waals surface area contributed by atoms with Crippen LogP contribution in [-0.2, 0) is 0 Å². The third-order valence-electron chi connectivity index (χ3n) is 3.77. The lowest BCUT2D eigenvalue weighted by Gasteiger charge is -2.39.